The average Bonchev–Trinajstić information content (AvgIpc) is 3.28. The van der Waals surface area contributed by atoms with Crippen LogP contribution in [0.5, 0.6) is 0 Å². The Morgan fingerprint density at radius 1 is 1.18 bits per heavy atom. The molecule has 0 aliphatic heterocycles. The molecule has 1 aliphatic carbocycles. The highest BCUT2D eigenvalue weighted by atomic mass is 35.5. The third-order valence-electron chi connectivity index (χ3n) is 6.77. The second-order valence-electron chi connectivity index (χ2n) is 10.4. The number of hydrogen-bond donors (Lipinski definition) is 3. The fourth-order valence-electron chi connectivity index (χ4n) is 4.83. The van der Waals surface area contributed by atoms with Crippen molar-refractivity contribution in [3.05, 3.63) is 40.4 Å². The molecule has 0 spiro atoms. The standard InChI is InChI=1S/C28H40ClN5O3S/c1-5-25(35)32-23(15-26-33-22-12-11-20(29)14-24(22)38-26)28(37)31-21(13-19-9-7-6-8-10-19)16-30-27(36)18(2)17-34(3)4/h11-12,14,19,21,23H,2,5-10,13,15-17H2,1,3-4H3,(H,30,36)(H,31,37)(H,32,35)/t21-,23-/m0/s1. The minimum absolute atomic E-state index is 0.202. The molecule has 1 aliphatic rings. The molecule has 2 aromatic rings. The summed E-state index contributed by atoms with van der Waals surface area (Å²) >= 11 is 7.59. The number of thiazole rings is 1. The Morgan fingerprint density at radius 3 is 2.61 bits per heavy atom. The van der Waals surface area contributed by atoms with E-state index in [0.717, 1.165) is 34.5 Å². The number of rotatable bonds is 13. The first-order valence-electron chi connectivity index (χ1n) is 13.4. The van der Waals surface area contributed by atoms with Crippen LogP contribution >= 0.6 is 22.9 Å². The van der Waals surface area contributed by atoms with Gasteiger partial charge in [0.1, 0.15) is 6.04 Å². The number of aromatic nitrogens is 1. The molecule has 0 unspecified atom stereocenters. The number of nitrogens with one attached hydrogen (secondary N) is 3. The third kappa shape index (κ3) is 9.36. The molecule has 10 heteroatoms. The van der Waals surface area contributed by atoms with Gasteiger partial charge in [0.2, 0.25) is 17.7 Å². The highest BCUT2D eigenvalue weighted by Crippen LogP contribution is 2.28. The normalized spacial score (nSPS) is 15.7. The molecular formula is C28H40ClN5O3S. The van der Waals surface area contributed by atoms with Crippen LogP contribution in [0.15, 0.2) is 30.4 Å². The summed E-state index contributed by atoms with van der Waals surface area (Å²) in [4.78, 5) is 45.0. The molecule has 0 bridgehead atoms. The molecule has 1 heterocycles. The minimum atomic E-state index is -0.772. The van der Waals surface area contributed by atoms with Gasteiger partial charge in [-0.3, -0.25) is 14.4 Å². The number of nitrogens with zero attached hydrogens (tertiary/aromatic N) is 2. The minimum Gasteiger partial charge on any atom is -0.350 e. The molecule has 38 heavy (non-hydrogen) atoms. The van der Waals surface area contributed by atoms with E-state index in [9.17, 15) is 14.4 Å². The first-order chi connectivity index (χ1) is 18.1. The SMILES string of the molecule is C=C(CN(C)C)C(=O)NC[C@H](CC1CCCCC1)NC(=O)[C@H](Cc1nc2ccc(Cl)cc2s1)NC(=O)CC. The topological polar surface area (TPSA) is 103 Å². The predicted octanol–water partition coefficient (Wildman–Crippen LogP) is 4.08. The molecule has 1 fully saturated rings. The van der Waals surface area contributed by atoms with Gasteiger partial charge in [0.05, 0.1) is 15.2 Å². The van der Waals surface area contributed by atoms with Gasteiger partial charge in [0, 0.05) is 42.6 Å². The molecular weight excluding hydrogens is 522 g/mol. The van der Waals surface area contributed by atoms with Crippen LogP contribution in [0, 0.1) is 5.92 Å². The highest BCUT2D eigenvalue weighted by molar-refractivity contribution is 7.18. The Bertz CT molecular complexity index is 1130. The van der Waals surface area contributed by atoms with Crippen LogP contribution in [0.1, 0.15) is 56.9 Å². The van der Waals surface area contributed by atoms with Crippen molar-refractivity contribution in [2.24, 2.45) is 5.92 Å². The summed E-state index contributed by atoms with van der Waals surface area (Å²) < 4.78 is 0.935. The Hall–Kier alpha value is -2.49. The molecule has 1 aromatic heterocycles. The largest absolute Gasteiger partial charge is 0.350 e. The summed E-state index contributed by atoms with van der Waals surface area (Å²) in [5.74, 6) is -0.197. The zero-order chi connectivity index (χ0) is 27.7. The lowest BCUT2D eigenvalue weighted by Crippen LogP contribution is -2.53. The molecule has 1 aromatic carbocycles. The smallest absolute Gasteiger partial charge is 0.247 e. The van der Waals surface area contributed by atoms with E-state index in [1.807, 2.05) is 31.1 Å². The van der Waals surface area contributed by atoms with Crippen molar-refractivity contribution >= 4 is 50.9 Å². The van der Waals surface area contributed by atoms with Gasteiger partial charge >= 0.3 is 0 Å². The molecule has 3 N–H and O–H groups in total. The number of halogens is 1. The van der Waals surface area contributed by atoms with Crippen molar-refractivity contribution in [3.63, 3.8) is 0 Å². The van der Waals surface area contributed by atoms with E-state index in [1.54, 1.807) is 13.0 Å². The lowest BCUT2D eigenvalue weighted by Gasteiger charge is -2.29. The molecule has 2 atom stereocenters. The maximum Gasteiger partial charge on any atom is 0.247 e. The fourth-order valence-corrected chi connectivity index (χ4v) is 6.12. The Balaban J connectivity index is 1.72. The van der Waals surface area contributed by atoms with E-state index in [1.165, 1.54) is 30.6 Å². The van der Waals surface area contributed by atoms with Gasteiger partial charge in [-0.2, -0.15) is 0 Å². The Morgan fingerprint density at radius 2 is 1.92 bits per heavy atom. The quantitative estimate of drug-likeness (QED) is 0.320. The van der Waals surface area contributed by atoms with Crippen LogP contribution < -0.4 is 16.0 Å². The first kappa shape index (κ1) is 30.1. The highest BCUT2D eigenvalue weighted by Gasteiger charge is 2.27. The van der Waals surface area contributed by atoms with E-state index in [2.05, 4.69) is 27.5 Å². The molecule has 3 amide bonds. The van der Waals surface area contributed by atoms with Crippen LogP contribution in [-0.2, 0) is 20.8 Å². The van der Waals surface area contributed by atoms with Crippen molar-refractivity contribution in [3.8, 4) is 0 Å². The first-order valence-corrected chi connectivity index (χ1v) is 14.6. The maximum atomic E-state index is 13.5. The monoisotopic (exact) mass is 561 g/mol. The van der Waals surface area contributed by atoms with Gasteiger partial charge in [0.25, 0.3) is 0 Å². The number of hydrogen-bond acceptors (Lipinski definition) is 6. The summed E-state index contributed by atoms with van der Waals surface area (Å²) in [5, 5.41) is 10.3. The summed E-state index contributed by atoms with van der Waals surface area (Å²) in [7, 11) is 3.77. The van der Waals surface area contributed by atoms with E-state index >= 15 is 0 Å². The Kier molecular flexibility index (Phi) is 11.6. The predicted molar refractivity (Wildman–Crippen MR) is 154 cm³/mol. The van der Waals surface area contributed by atoms with E-state index in [-0.39, 0.29) is 36.6 Å². The van der Waals surface area contributed by atoms with Gasteiger partial charge < -0.3 is 20.9 Å². The van der Waals surface area contributed by atoms with Crippen molar-refractivity contribution in [2.75, 3.05) is 27.2 Å². The van der Waals surface area contributed by atoms with Gasteiger partial charge in [-0.05, 0) is 44.6 Å². The lowest BCUT2D eigenvalue weighted by atomic mass is 9.84. The number of likely N-dealkylation sites (N-methyl/N-ethyl adjacent to an activating group) is 1. The zero-order valence-electron chi connectivity index (χ0n) is 22.6. The number of carbonyl (C=O) groups is 3. The van der Waals surface area contributed by atoms with E-state index < -0.39 is 6.04 Å². The van der Waals surface area contributed by atoms with Crippen molar-refractivity contribution in [1.82, 2.24) is 25.8 Å². The van der Waals surface area contributed by atoms with E-state index in [0.29, 0.717) is 29.6 Å². The summed E-state index contributed by atoms with van der Waals surface area (Å²) in [6, 6.07) is 4.46. The number of amides is 3. The Labute approximate surface area is 234 Å². The molecule has 1 saturated carbocycles. The average molecular weight is 562 g/mol. The van der Waals surface area contributed by atoms with Gasteiger partial charge in [0.15, 0.2) is 0 Å². The molecule has 0 saturated heterocycles. The van der Waals surface area contributed by atoms with Crippen LogP contribution in [0.4, 0.5) is 0 Å². The van der Waals surface area contributed by atoms with Crippen molar-refractivity contribution in [2.45, 2.75) is 70.4 Å². The van der Waals surface area contributed by atoms with Crippen molar-refractivity contribution in [1.29, 1.82) is 0 Å². The molecule has 3 rings (SSSR count). The molecule has 8 nitrogen and oxygen atoms in total. The van der Waals surface area contributed by atoms with Crippen molar-refractivity contribution < 1.29 is 14.4 Å². The second kappa shape index (κ2) is 14.6. The van der Waals surface area contributed by atoms with E-state index in [4.69, 9.17) is 11.6 Å². The van der Waals surface area contributed by atoms with Crippen LogP contribution in [-0.4, -0.2) is 66.9 Å². The maximum absolute atomic E-state index is 13.5. The van der Waals surface area contributed by atoms with Crippen LogP contribution in [0.25, 0.3) is 10.2 Å². The van der Waals surface area contributed by atoms with Gasteiger partial charge in [-0.15, -0.1) is 11.3 Å². The number of fused-ring (bicyclic) bond motifs is 1. The molecule has 0 radical (unpaired) electrons. The summed E-state index contributed by atoms with van der Waals surface area (Å²) in [5.41, 5.74) is 1.29. The van der Waals surface area contributed by atoms with Gasteiger partial charge in [-0.25, -0.2) is 4.98 Å². The molecule has 208 valence electrons. The number of carbonyl (C=O) groups excluding carboxylic acids is 3. The van der Waals surface area contributed by atoms with Gasteiger partial charge in [-0.1, -0.05) is 57.2 Å². The third-order valence-corrected chi connectivity index (χ3v) is 8.05. The fraction of sp³-hybridized carbons (Fsp3) is 0.571. The zero-order valence-corrected chi connectivity index (χ0v) is 24.2. The lowest BCUT2D eigenvalue weighted by molar-refractivity contribution is -0.129. The number of benzene rings is 1. The summed E-state index contributed by atoms with van der Waals surface area (Å²) in [6.45, 7) is 6.41. The second-order valence-corrected chi connectivity index (χ2v) is 11.9. The van der Waals surface area contributed by atoms with Crippen LogP contribution in [0.3, 0.4) is 0 Å². The van der Waals surface area contributed by atoms with Crippen LogP contribution in [0.2, 0.25) is 5.02 Å². The summed E-state index contributed by atoms with van der Waals surface area (Å²) in [6.07, 6.45) is 7.19.